The standard InChI is InChI=1S/C20H16BrClN4O2/c1-11-4-5-13(8-16(11)21)19-24-25-20(28-19)15-10-23-26(12(15)2)17-9-14(22)6-7-18(17)27-3/h4-10H,1-3H3. The van der Waals surface area contributed by atoms with Gasteiger partial charge in [0.15, 0.2) is 0 Å². The predicted octanol–water partition coefficient (Wildman–Crippen LogP) is 5.63. The highest BCUT2D eigenvalue weighted by Gasteiger charge is 2.19. The summed E-state index contributed by atoms with van der Waals surface area (Å²) in [6.07, 6.45) is 1.69. The lowest BCUT2D eigenvalue weighted by Crippen LogP contribution is -2.02. The second-order valence-electron chi connectivity index (χ2n) is 6.25. The maximum Gasteiger partial charge on any atom is 0.251 e. The van der Waals surface area contributed by atoms with Gasteiger partial charge in [0.05, 0.1) is 24.6 Å². The SMILES string of the molecule is COc1ccc(Cl)cc1-n1ncc(-c2nnc(-c3ccc(C)c(Br)c3)o2)c1C. The molecule has 0 radical (unpaired) electrons. The molecule has 4 aromatic rings. The molecule has 0 aliphatic carbocycles. The highest BCUT2D eigenvalue weighted by molar-refractivity contribution is 9.10. The van der Waals surface area contributed by atoms with Crippen LogP contribution in [0.25, 0.3) is 28.6 Å². The minimum absolute atomic E-state index is 0.399. The van der Waals surface area contributed by atoms with Gasteiger partial charge in [-0.1, -0.05) is 33.6 Å². The molecule has 4 rings (SSSR count). The number of ether oxygens (including phenoxy) is 1. The van der Waals surface area contributed by atoms with Gasteiger partial charge in [0.2, 0.25) is 5.89 Å². The van der Waals surface area contributed by atoms with Gasteiger partial charge >= 0.3 is 0 Å². The Hall–Kier alpha value is -2.64. The maximum atomic E-state index is 6.15. The Morgan fingerprint density at radius 3 is 2.61 bits per heavy atom. The fourth-order valence-electron chi connectivity index (χ4n) is 2.87. The van der Waals surface area contributed by atoms with Gasteiger partial charge in [-0.05, 0) is 49.7 Å². The van der Waals surface area contributed by atoms with Crippen LogP contribution in [0.5, 0.6) is 5.75 Å². The summed E-state index contributed by atoms with van der Waals surface area (Å²) < 4.78 is 14.1. The van der Waals surface area contributed by atoms with Gasteiger partial charge in [-0.25, -0.2) is 4.68 Å². The number of halogens is 2. The number of hydrogen-bond acceptors (Lipinski definition) is 5. The van der Waals surface area contributed by atoms with Gasteiger partial charge in [0.1, 0.15) is 11.4 Å². The number of aromatic nitrogens is 4. The van der Waals surface area contributed by atoms with Gasteiger partial charge in [0.25, 0.3) is 5.89 Å². The lowest BCUT2D eigenvalue weighted by atomic mass is 10.1. The van der Waals surface area contributed by atoms with Gasteiger partial charge in [-0.2, -0.15) is 5.10 Å². The molecule has 2 aromatic carbocycles. The molecular weight excluding hydrogens is 444 g/mol. The zero-order valence-electron chi connectivity index (χ0n) is 15.4. The molecule has 6 nitrogen and oxygen atoms in total. The number of aryl methyl sites for hydroxylation is 1. The Morgan fingerprint density at radius 1 is 1.07 bits per heavy atom. The van der Waals surface area contributed by atoms with Crippen molar-refractivity contribution >= 4 is 27.5 Å². The van der Waals surface area contributed by atoms with E-state index in [0.29, 0.717) is 22.6 Å². The Labute approximate surface area is 175 Å². The van der Waals surface area contributed by atoms with Crippen molar-refractivity contribution in [2.75, 3.05) is 7.11 Å². The molecule has 0 bridgehead atoms. The first kappa shape index (κ1) is 18.7. The molecule has 142 valence electrons. The molecule has 0 saturated heterocycles. The van der Waals surface area contributed by atoms with E-state index >= 15 is 0 Å². The molecule has 28 heavy (non-hydrogen) atoms. The molecular formula is C20H16BrClN4O2. The summed E-state index contributed by atoms with van der Waals surface area (Å²) in [6, 6.07) is 11.3. The molecule has 8 heteroatoms. The van der Waals surface area contributed by atoms with Crippen LogP contribution in [0.15, 0.2) is 51.5 Å². The molecule has 0 fully saturated rings. The van der Waals surface area contributed by atoms with Crippen LogP contribution in [0, 0.1) is 13.8 Å². The fraction of sp³-hybridized carbons (Fsp3) is 0.150. The van der Waals surface area contributed by atoms with Crippen molar-refractivity contribution in [3.63, 3.8) is 0 Å². The van der Waals surface area contributed by atoms with E-state index in [2.05, 4.69) is 31.2 Å². The highest BCUT2D eigenvalue weighted by atomic mass is 79.9. The van der Waals surface area contributed by atoms with Crippen molar-refractivity contribution in [3.8, 4) is 34.3 Å². The number of nitrogens with zero attached hydrogens (tertiary/aromatic N) is 4. The quantitative estimate of drug-likeness (QED) is 0.396. The Bertz CT molecular complexity index is 1170. The lowest BCUT2D eigenvalue weighted by Gasteiger charge is -2.10. The zero-order valence-corrected chi connectivity index (χ0v) is 17.7. The van der Waals surface area contributed by atoms with Crippen molar-refractivity contribution in [3.05, 3.63) is 63.3 Å². The first-order valence-electron chi connectivity index (χ1n) is 8.47. The summed E-state index contributed by atoms with van der Waals surface area (Å²) in [5.41, 5.74) is 4.29. The number of hydrogen-bond donors (Lipinski definition) is 0. The van der Waals surface area contributed by atoms with E-state index in [1.807, 2.05) is 32.0 Å². The van der Waals surface area contributed by atoms with E-state index in [0.717, 1.165) is 32.5 Å². The van der Waals surface area contributed by atoms with E-state index in [9.17, 15) is 0 Å². The first-order chi connectivity index (χ1) is 13.5. The summed E-state index contributed by atoms with van der Waals surface area (Å²) in [4.78, 5) is 0. The number of benzene rings is 2. The van der Waals surface area contributed by atoms with E-state index in [1.165, 1.54) is 0 Å². The average molecular weight is 460 g/mol. The molecule has 0 saturated carbocycles. The summed E-state index contributed by atoms with van der Waals surface area (Å²) in [7, 11) is 1.61. The summed E-state index contributed by atoms with van der Waals surface area (Å²) >= 11 is 9.68. The molecule has 0 amide bonds. The first-order valence-corrected chi connectivity index (χ1v) is 9.64. The zero-order chi connectivity index (χ0) is 19.8. The predicted molar refractivity (Wildman–Crippen MR) is 111 cm³/mol. The third-order valence-corrected chi connectivity index (χ3v) is 5.54. The Morgan fingerprint density at radius 2 is 1.86 bits per heavy atom. The van der Waals surface area contributed by atoms with E-state index in [4.69, 9.17) is 20.8 Å². The van der Waals surface area contributed by atoms with Crippen molar-refractivity contribution in [2.24, 2.45) is 0 Å². The van der Waals surface area contributed by atoms with Gasteiger partial charge in [-0.3, -0.25) is 0 Å². The molecule has 0 aliphatic rings. The van der Waals surface area contributed by atoms with Gasteiger partial charge in [-0.15, -0.1) is 10.2 Å². The Balaban J connectivity index is 1.74. The maximum absolute atomic E-state index is 6.15. The average Bonchev–Trinajstić information content (AvgIpc) is 3.30. The monoisotopic (exact) mass is 458 g/mol. The highest BCUT2D eigenvalue weighted by Crippen LogP contribution is 2.32. The van der Waals surface area contributed by atoms with Crippen LogP contribution >= 0.6 is 27.5 Å². The Kier molecular flexibility index (Phi) is 4.95. The van der Waals surface area contributed by atoms with Crippen LogP contribution in [0.4, 0.5) is 0 Å². The van der Waals surface area contributed by atoms with Crippen LogP contribution in [-0.2, 0) is 0 Å². The largest absolute Gasteiger partial charge is 0.494 e. The van der Waals surface area contributed by atoms with E-state index in [1.54, 1.807) is 36.2 Å². The van der Waals surface area contributed by atoms with Crippen LogP contribution in [0.1, 0.15) is 11.3 Å². The van der Waals surface area contributed by atoms with E-state index < -0.39 is 0 Å². The molecule has 0 atom stereocenters. The molecule has 0 unspecified atom stereocenters. The van der Waals surface area contributed by atoms with E-state index in [-0.39, 0.29) is 0 Å². The molecule has 0 aliphatic heterocycles. The summed E-state index contributed by atoms with van der Waals surface area (Å²) in [5, 5.41) is 13.4. The van der Waals surface area contributed by atoms with Crippen LogP contribution < -0.4 is 4.74 Å². The van der Waals surface area contributed by atoms with Crippen molar-refractivity contribution in [1.29, 1.82) is 0 Å². The van der Waals surface area contributed by atoms with Crippen molar-refractivity contribution in [2.45, 2.75) is 13.8 Å². The van der Waals surface area contributed by atoms with Crippen molar-refractivity contribution in [1.82, 2.24) is 20.0 Å². The topological polar surface area (TPSA) is 66.0 Å². The third kappa shape index (κ3) is 3.31. The van der Waals surface area contributed by atoms with Crippen LogP contribution in [0.3, 0.4) is 0 Å². The van der Waals surface area contributed by atoms with Crippen LogP contribution in [-0.4, -0.2) is 27.1 Å². The minimum Gasteiger partial charge on any atom is -0.494 e. The van der Waals surface area contributed by atoms with Gasteiger partial charge in [0, 0.05) is 15.1 Å². The smallest absolute Gasteiger partial charge is 0.251 e. The molecule has 2 aromatic heterocycles. The third-order valence-electron chi connectivity index (χ3n) is 4.45. The normalized spacial score (nSPS) is 11.0. The minimum atomic E-state index is 0.399. The molecule has 2 heterocycles. The summed E-state index contributed by atoms with van der Waals surface area (Å²) in [5.74, 6) is 1.51. The molecule has 0 N–H and O–H groups in total. The number of rotatable bonds is 4. The lowest BCUT2D eigenvalue weighted by molar-refractivity contribution is 0.411. The molecule has 0 spiro atoms. The van der Waals surface area contributed by atoms with Gasteiger partial charge < -0.3 is 9.15 Å². The second kappa shape index (κ2) is 7.41. The van der Waals surface area contributed by atoms with Crippen molar-refractivity contribution < 1.29 is 9.15 Å². The fourth-order valence-corrected chi connectivity index (χ4v) is 3.41. The second-order valence-corrected chi connectivity index (χ2v) is 7.54. The summed E-state index contributed by atoms with van der Waals surface area (Å²) in [6.45, 7) is 3.95. The number of methoxy groups -OCH3 is 1. The van der Waals surface area contributed by atoms with Crippen LogP contribution in [0.2, 0.25) is 5.02 Å².